The maximum atomic E-state index is 13.7. The summed E-state index contributed by atoms with van der Waals surface area (Å²) in [5, 5.41) is 0. The van der Waals surface area contributed by atoms with Crippen molar-refractivity contribution >= 4 is 11.4 Å². The van der Waals surface area contributed by atoms with E-state index in [1.807, 2.05) is 25.8 Å². The van der Waals surface area contributed by atoms with E-state index in [9.17, 15) is 4.39 Å². The zero-order valence-corrected chi connectivity index (χ0v) is 11.4. The van der Waals surface area contributed by atoms with Gasteiger partial charge < -0.3 is 20.1 Å². The van der Waals surface area contributed by atoms with Gasteiger partial charge in [0, 0.05) is 32.8 Å². The molecule has 5 heteroatoms. The van der Waals surface area contributed by atoms with Crippen molar-refractivity contribution in [3.05, 3.63) is 17.9 Å². The van der Waals surface area contributed by atoms with Crippen molar-refractivity contribution in [1.82, 2.24) is 0 Å². The van der Waals surface area contributed by atoms with Gasteiger partial charge in [-0.25, -0.2) is 4.39 Å². The van der Waals surface area contributed by atoms with E-state index in [1.165, 1.54) is 6.07 Å². The maximum absolute atomic E-state index is 13.7. The Balaban J connectivity index is 2.96. The van der Waals surface area contributed by atoms with Crippen molar-refractivity contribution in [1.29, 1.82) is 0 Å². The van der Waals surface area contributed by atoms with Crippen LogP contribution in [0.3, 0.4) is 0 Å². The smallest absolute Gasteiger partial charge is 0.167 e. The SMILES string of the molecule is COCCN(C)c1cc(OC(C)C)c(F)cc1N. The van der Waals surface area contributed by atoms with E-state index in [1.54, 1.807) is 13.2 Å². The van der Waals surface area contributed by atoms with Crippen LogP contribution in [0.5, 0.6) is 5.75 Å². The average molecular weight is 256 g/mol. The Labute approximate surface area is 107 Å². The predicted molar refractivity (Wildman–Crippen MR) is 71.7 cm³/mol. The van der Waals surface area contributed by atoms with E-state index < -0.39 is 5.82 Å². The largest absolute Gasteiger partial charge is 0.488 e. The van der Waals surface area contributed by atoms with E-state index in [-0.39, 0.29) is 11.9 Å². The summed E-state index contributed by atoms with van der Waals surface area (Å²) in [4.78, 5) is 1.91. The fraction of sp³-hybridized carbons (Fsp3) is 0.538. The third-order valence-corrected chi connectivity index (χ3v) is 2.49. The summed E-state index contributed by atoms with van der Waals surface area (Å²) in [6, 6.07) is 2.91. The van der Waals surface area contributed by atoms with Crippen molar-refractivity contribution < 1.29 is 13.9 Å². The molecule has 1 aromatic carbocycles. The fourth-order valence-corrected chi connectivity index (χ4v) is 1.58. The summed E-state index contributed by atoms with van der Waals surface area (Å²) in [6.07, 6.45) is -0.0831. The van der Waals surface area contributed by atoms with Gasteiger partial charge in [-0.3, -0.25) is 0 Å². The molecule has 0 radical (unpaired) electrons. The summed E-state index contributed by atoms with van der Waals surface area (Å²) in [7, 11) is 3.51. The number of halogens is 1. The number of anilines is 2. The number of nitrogen functional groups attached to an aromatic ring is 1. The lowest BCUT2D eigenvalue weighted by Crippen LogP contribution is -2.23. The lowest BCUT2D eigenvalue weighted by Gasteiger charge is -2.22. The molecule has 1 rings (SSSR count). The first-order chi connectivity index (χ1) is 8.45. The second-order valence-corrected chi connectivity index (χ2v) is 4.42. The molecular weight excluding hydrogens is 235 g/mol. The molecule has 0 heterocycles. The van der Waals surface area contributed by atoms with Crippen LogP contribution in [0.25, 0.3) is 0 Å². The van der Waals surface area contributed by atoms with Gasteiger partial charge in [0.1, 0.15) is 0 Å². The first-order valence-corrected chi connectivity index (χ1v) is 5.91. The lowest BCUT2D eigenvalue weighted by atomic mass is 10.2. The highest BCUT2D eigenvalue weighted by Gasteiger charge is 2.13. The van der Waals surface area contributed by atoms with Crippen LogP contribution in [0.2, 0.25) is 0 Å². The van der Waals surface area contributed by atoms with Crippen LogP contribution in [0, 0.1) is 5.82 Å². The highest BCUT2D eigenvalue weighted by atomic mass is 19.1. The highest BCUT2D eigenvalue weighted by molar-refractivity contribution is 5.69. The molecule has 2 N–H and O–H groups in total. The van der Waals surface area contributed by atoms with Gasteiger partial charge in [-0.1, -0.05) is 0 Å². The number of benzene rings is 1. The summed E-state index contributed by atoms with van der Waals surface area (Å²) < 4.78 is 24.1. The Morgan fingerprint density at radius 1 is 1.39 bits per heavy atom. The van der Waals surface area contributed by atoms with Crippen LogP contribution >= 0.6 is 0 Å². The molecule has 102 valence electrons. The molecule has 0 fully saturated rings. The number of nitrogens with two attached hydrogens (primary N) is 1. The standard InChI is InChI=1S/C13H21FN2O2/c1-9(2)18-13-8-12(11(15)7-10(13)14)16(3)5-6-17-4/h7-9H,5-6,15H2,1-4H3. The van der Waals surface area contributed by atoms with Crippen molar-refractivity contribution in [3.63, 3.8) is 0 Å². The molecular formula is C13H21FN2O2. The molecule has 0 atom stereocenters. The number of rotatable bonds is 6. The zero-order valence-electron chi connectivity index (χ0n) is 11.4. The number of methoxy groups -OCH3 is 1. The Hall–Kier alpha value is -1.49. The molecule has 0 aromatic heterocycles. The minimum absolute atomic E-state index is 0.0831. The second kappa shape index (κ2) is 6.44. The molecule has 0 amide bonds. The van der Waals surface area contributed by atoms with Crippen LogP contribution < -0.4 is 15.4 Å². The highest BCUT2D eigenvalue weighted by Crippen LogP contribution is 2.30. The number of hydrogen-bond acceptors (Lipinski definition) is 4. The van der Waals surface area contributed by atoms with Gasteiger partial charge in [0.25, 0.3) is 0 Å². The predicted octanol–water partition coefficient (Wildman–Crippen LogP) is 2.28. The normalized spacial score (nSPS) is 10.8. The molecule has 1 aromatic rings. The quantitative estimate of drug-likeness (QED) is 0.793. The average Bonchev–Trinajstić information content (AvgIpc) is 2.29. The first kappa shape index (κ1) is 14.6. The third-order valence-electron chi connectivity index (χ3n) is 2.49. The van der Waals surface area contributed by atoms with Crippen LogP contribution in [0.1, 0.15) is 13.8 Å². The summed E-state index contributed by atoms with van der Waals surface area (Å²) in [5.74, 6) is -0.219. The minimum atomic E-state index is -0.440. The number of likely N-dealkylation sites (N-methyl/N-ethyl adjacent to an activating group) is 1. The van der Waals surface area contributed by atoms with Crippen LogP contribution in [-0.2, 0) is 4.74 Å². The third kappa shape index (κ3) is 3.77. The molecule has 0 saturated carbocycles. The van der Waals surface area contributed by atoms with E-state index in [4.69, 9.17) is 15.2 Å². The Morgan fingerprint density at radius 2 is 2.06 bits per heavy atom. The Morgan fingerprint density at radius 3 is 2.61 bits per heavy atom. The topological polar surface area (TPSA) is 47.7 Å². The van der Waals surface area contributed by atoms with Gasteiger partial charge in [-0.05, 0) is 13.8 Å². The second-order valence-electron chi connectivity index (χ2n) is 4.42. The molecule has 0 unspecified atom stereocenters. The first-order valence-electron chi connectivity index (χ1n) is 5.91. The number of ether oxygens (including phenoxy) is 2. The van der Waals surface area contributed by atoms with Crippen molar-refractivity contribution in [2.75, 3.05) is 37.9 Å². The van der Waals surface area contributed by atoms with E-state index >= 15 is 0 Å². The zero-order chi connectivity index (χ0) is 13.7. The van der Waals surface area contributed by atoms with Gasteiger partial charge in [-0.15, -0.1) is 0 Å². The van der Waals surface area contributed by atoms with Crippen LogP contribution in [0.15, 0.2) is 12.1 Å². The molecule has 0 aliphatic rings. The van der Waals surface area contributed by atoms with Gasteiger partial charge in [0.05, 0.1) is 24.1 Å². The number of nitrogens with zero attached hydrogens (tertiary/aromatic N) is 1. The summed E-state index contributed by atoms with van der Waals surface area (Å²) in [5.41, 5.74) is 6.95. The van der Waals surface area contributed by atoms with Gasteiger partial charge in [0.2, 0.25) is 0 Å². The van der Waals surface area contributed by atoms with E-state index in [0.29, 0.717) is 18.8 Å². The Bertz CT molecular complexity index is 397. The van der Waals surface area contributed by atoms with Gasteiger partial charge in [0.15, 0.2) is 11.6 Å². The molecule has 0 aliphatic heterocycles. The van der Waals surface area contributed by atoms with Crippen molar-refractivity contribution in [2.45, 2.75) is 20.0 Å². The molecule has 4 nitrogen and oxygen atoms in total. The molecule has 0 aliphatic carbocycles. The van der Waals surface area contributed by atoms with E-state index in [0.717, 1.165) is 5.69 Å². The monoisotopic (exact) mass is 256 g/mol. The summed E-state index contributed by atoms with van der Waals surface area (Å²) in [6.45, 7) is 4.95. The fourth-order valence-electron chi connectivity index (χ4n) is 1.58. The van der Waals surface area contributed by atoms with E-state index in [2.05, 4.69) is 0 Å². The van der Waals surface area contributed by atoms with Crippen molar-refractivity contribution in [2.24, 2.45) is 0 Å². The van der Waals surface area contributed by atoms with Crippen molar-refractivity contribution in [3.8, 4) is 5.75 Å². The van der Waals surface area contributed by atoms with Crippen LogP contribution in [0.4, 0.5) is 15.8 Å². The molecule has 0 spiro atoms. The summed E-state index contributed by atoms with van der Waals surface area (Å²) >= 11 is 0. The maximum Gasteiger partial charge on any atom is 0.167 e. The molecule has 0 saturated heterocycles. The minimum Gasteiger partial charge on any atom is -0.488 e. The van der Waals surface area contributed by atoms with Gasteiger partial charge in [-0.2, -0.15) is 0 Å². The number of hydrogen-bond donors (Lipinski definition) is 1. The lowest BCUT2D eigenvalue weighted by molar-refractivity contribution is 0.206. The molecule has 0 bridgehead atoms. The Kier molecular flexibility index (Phi) is 5.22. The van der Waals surface area contributed by atoms with Gasteiger partial charge >= 0.3 is 0 Å². The molecule has 18 heavy (non-hydrogen) atoms. The van der Waals surface area contributed by atoms with Crippen LogP contribution in [-0.4, -0.2) is 33.4 Å².